The van der Waals surface area contributed by atoms with E-state index in [0.29, 0.717) is 15.8 Å². The van der Waals surface area contributed by atoms with Crippen LogP contribution >= 0.6 is 46.6 Å². The summed E-state index contributed by atoms with van der Waals surface area (Å²) in [5, 5.41) is 8.86. The highest BCUT2D eigenvalue weighted by Crippen LogP contribution is 2.34. The Bertz CT molecular complexity index is 911. The summed E-state index contributed by atoms with van der Waals surface area (Å²) in [6.07, 6.45) is -3.59. The fraction of sp³-hybridized carbons (Fsp3) is 0.143. The molecule has 0 aliphatic carbocycles. The van der Waals surface area contributed by atoms with Gasteiger partial charge in [-0.25, -0.2) is 0 Å². The van der Waals surface area contributed by atoms with E-state index in [-0.39, 0.29) is 15.8 Å². The second-order valence-electron chi connectivity index (χ2n) is 4.78. The highest BCUT2D eigenvalue weighted by Gasteiger charge is 2.32. The zero-order valence-corrected chi connectivity index (χ0v) is 14.7. The minimum absolute atomic E-state index is 0.117. The molecule has 24 heavy (non-hydrogen) atoms. The van der Waals surface area contributed by atoms with E-state index in [4.69, 9.17) is 34.8 Å². The molecular formula is C14H7Cl3F3N3S. The number of halogens is 6. The van der Waals surface area contributed by atoms with E-state index in [1.54, 1.807) is 18.2 Å². The number of hydrogen-bond acceptors (Lipinski definition) is 3. The van der Waals surface area contributed by atoms with Gasteiger partial charge >= 0.3 is 6.18 Å². The van der Waals surface area contributed by atoms with Gasteiger partial charge < -0.3 is 0 Å². The number of alkyl halides is 3. The van der Waals surface area contributed by atoms with E-state index in [9.17, 15) is 13.2 Å². The van der Waals surface area contributed by atoms with Crippen molar-refractivity contribution in [3.8, 4) is 0 Å². The van der Waals surface area contributed by atoms with Gasteiger partial charge in [0.15, 0.2) is 10.8 Å². The number of aromatic nitrogens is 3. The average molecular weight is 413 g/mol. The number of benzene rings is 1. The van der Waals surface area contributed by atoms with Crippen LogP contribution in [0.15, 0.2) is 35.6 Å². The van der Waals surface area contributed by atoms with Gasteiger partial charge in [0.1, 0.15) is 0 Å². The Morgan fingerprint density at radius 2 is 1.79 bits per heavy atom. The maximum absolute atomic E-state index is 12.9. The van der Waals surface area contributed by atoms with Crippen LogP contribution in [0.4, 0.5) is 13.2 Å². The molecule has 3 rings (SSSR count). The van der Waals surface area contributed by atoms with Crippen LogP contribution in [-0.2, 0) is 11.9 Å². The van der Waals surface area contributed by atoms with Crippen molar-refractivity contribution in [1.29, 1.82) is 0 Å². The smallest absolute Gasteiger partial charge is 0.276 e. The van der Waals surface area contributed by atoms with Crippen LogP contribution in [0.3, 0.4) is 0 Å². The van der Waals surface area contributed by atoms with Crippen LogP contribution in [0.5, 0.6) is 0 Å². The number of pyridine rings is 1. The first-order valence-corrected chi connectivity index (χ1v) is 8.56. The van der Waals surface area contributed by atoms with Gasteiger partial charge in [0.2, 0.25) is 0 Å². The Morgan fingerprint density at radius 1 is 1.04 bits per heavy atom. The number of thioether (sulfide) groups is 1. The fourth-order valence-electron chi connectivity index (χ4n) is 1.97. The normalized spacial score (nSPS) is 12.1. The molecule has 3 nitrogen and oxygen atoms in total. The van der Waals surface area contributed by atoms with Crippen molar-refractivity contribution < 1.29 is 13.2 Å². The number of nitrogens with zero attached hydrogens (tertiary/aromatic N) is 3. The van der Waals surface area contributed by atoms with Crippen molar-refractivity contribution >= 4 is 52.2 Å². The molecule has 0 saturated heterocycles. The SMILES string of the molecule is FC(F)(F)c1cc(Cl)c2nnc(SCc3ccc(Cl)cc3Cl)n2c1. The molecule has 1 aromatic carbocycles. The molecule has 0 unspecified atom stereocenters. The van der Waals surface area contributed by atoms with Crippen LogP contribution < -0.4 is 0 Å². The predicted octanol–water partition coefficient (Wildman–Crippen LogP) is 6.00. The minimum atomic E-state index is -4.51. The number of fused-ring (bicyclic) bond motifs is 1. The summed E-state index contributed by atoms with van der Waals surface area (Å²) in [5.41, 5.74) is 0.0708. The monoisotopic (exact) mass is 411 g/mol. The van der Waals surface area contributed by atoms with Gasteiger partial charge in [-0.2, -0.15) is 13.2 Å². The average Bonchev–Trinajstić information content (AvgIpc) is 2.89. The molecule has 3 aromatic rings. The molecule has 0 radical (unpaired) electrons. The first-order chi connectivity index (χ1) is 11.3. The quantitative estimate of drug-likeness (QED) is 0.494. The molecule has 0 N–H and O–H groups in total. The van der Waals surface area contributed by atoms with Crippen molar-refractivity contribution in [3.05, 3.63) is 56.7 Å². The van der Waals surface area contributed by atoms with E-state index >= 15 is 0 Å². The number of hydrogen-bond donors (Lipinski definition) is 0. The molecule has 126 valence electrons. The lowest BCUT2D eigenvalue weighted by Gasteiger charge is -2.09. The topological polar surface area (TPSA) is 30.2 Å². The van der Waals surface area contributed by atoms with Gasteiger partial charge in [-0.3, -0.25) is 4.40 Å². The number of rotatable bonds is 3. The van der Waals surface area contributed by atoms with E-state index in [0.717, 1.165) is 17.8 Å². The highest BCUT2D eigenvalue weighted by molar-refractivity contribution is 7.98. The van der Waals surface area contributed by atoms with Crippen LogP contribution in [-0.4, -0.2) is 14.6 Å². The third-order valence-electron chi connectivity index (χ3n) is 3.13. The Morgan fingerprint density at radius 3 is 2.46 bits per heavy atom. The third-order valence-corrected chi connectivity index (χ3v) is 4.98. The molecule has 0 bridgehead atoms. The maximum atomic E-state index is 12.9. The van der Waals surface area contributed by atoms with Gasteiger partial charge in [0.25, 0.3) is 0 Å². The van der Waals surface area contributed by atoms with Crippen LogP contribution in [0, 0.1) is 0 Å². The zero-order chi connectivity index (χ0) is 17.5. The van der Waals surface area contributed by atoms with Crippen LogP contribution in [0.25, 0.3) is 5.65 Å². The molecule has 0 aliphatic heterocycles. The molecule has 10 heteroatoms. The highest BCUT2D eigenvalue weighted by atomic mass is 35.5. The molecule has 2 aromatic heterocycles. The summed E-state index contributed by atoms with van der Waals surface area (Å²) in [7, 11) is 0. The summed E-state index contributed by atoms with van der Waals surface area (Å²) < 4.78 is 40.0. The molecule has 0 saturated carbocycles. The van der Waals surface area contributed by atoms with Crippen LogP contribution in [0.2, 0.25) is 15.1 Å². The fourth-order valence-corrected chi connectivity index (χ4v) is 3.68. The van der Waals surface area contributed by atoms with Gasteiger partial charge in [0, 0.05) is 22.0 Å². The summed E-state index contributed by atoms with van der Waals surface area (Å²) in [5.74, 6) is 0.394. The Kier molecular flexibility index (Phi) is 4.88. The summed E-state index contributed by atoms with van der Waals surface area (Å²) in [6, 6.07) is 5.86. The Hall–Kier alpha value is -1.15. The Labute approximate surface area is 153 Å². The molecule has 0 spiro atoms. The Balaban J connectivity index is 1.93. The van der Waals surface area contributed by atoms with E-state index in [2.05, 4.69) is 10.2 Å². The van der Waals surface area contributed by atoms with Crippen molar-refractivity contribution in [2.45, 2.75) is 17.1 Å². The van der Waals surface area contributed by atoms with Gasteiger partial charge in [-0.05, 0) is 23.8 Å². The predicted molar refractivity (Wildman–Crippen MR) is 89.0 cm³/mol. The van der Waals surface area contributed by atoms with Crippen molar-refractivity contribution in [2.24, 2.45) is 0 Å². The third kappa shape index (κ3) is 3.59. The lowest BCUT2D eigenvalue weighted by Crippen LogP contribution is -2.07. The first kappa shape index (κ1) is 17.7. The molecule has 0 fully saturated rings. The largest absolute Gasteiger partial charge is 0.417 e. The molecule has 0 atom stereocenters. The minimum Gasteiger partial charge on any atom is -0.276 e. The van der Waals surface area contributed by atoms with Gasteiger partial charge in [-0.15, -0.1) is 10.2 Å². The first-order valence-electron chi connectivity index (χ1n) is 6.44. The second-order valence-corrected chi connectivity index (χ2v) is 6.97. The molecular weight excluding hydrogens is 406 g/mol. The molecule has 0 amide bonds. The van der Waals surface area contributed by atoms with Gasteiger partial charge in [-0.1, -0.05) is 52.6 Å². The van der Waals surface area contributed by atoms with E-state index in [1.807, 2.05) is 0 Å². The van der Waals surface area contributed by atoms with E-state index < -0.39 is 11.7 Å². The lowest BCUT2D eigenvalue weighted by atomic mass is 10.2. The van der Waals surface area contributed by atoms with Crippen LogP contribution in [0.1, 0.15) is 11.1 Å². The zero-order valence-electron chi connectivity index (χ0n) is 11.6. The van der Waals surface area contributed by atoms with Crippen molar-refractivity contribution in [1.82, 2.24) is 14.6 Å². The van der Waals surface area contributed by atoms with Crippen molar-refractivity contribution in [2.75, 3.05) is 0 Å². The van der Waals surface area contributed by atoms with Crippen molar-refractivity contribution in [3.63, 3.8) is 0 Å². The summed E-state index contributed by atoms with van der Waals surface area (Å²) >= 11 is 19.0. The molecule has 0 aliphatic rings. The second kappa shape index (κ2) is 6.63. The maximum Gasteiger partial charge on any atom is 0.417 e. The summed E-state index contributed by atoms with van der Waals surface area (Å²) in [6.45, 7) is 0. The van der Waals surface area contributed by atoms with Gasteiger partial charge in [0.05, 0.1) is 10.6 Å². The van der Waals surface area contributed by atoms with E-state index in [1.165, 1.54) is 16.2 Å². The summed E-state index contributed by atoms with van der Waals surface area (Å²) in [4.78, 5) is 0. The standard InChI is InChI=1S/C14H7Cl3F3N3S/c15-9-2-1-7(10(16)4-9)6-24-13-22-21-12-11(17)3-8(5-23(12)13)14(18,19)20/h1-5H,6H2. The molecule has 2 heterocycles. The lowest BCUT2D eigenvalue weighted by molar-refractivity contribution is -0.137.